The van der Waals surface area contributed by atoms with E-state index in [1.807, 2.05) is 0 Å². The van der Waals surface area contributed by atoms with E-state index in [2.05, 4.69) is 4.98 Å². The Balaban J connectivity index is 2.06. The van der Waals surface area contributed by atoms with Crippen molar-refractivity contribution >= 4 is 17.4 Å². The number of halogens is 6. The lowest BCUT2D eigenvalue weighted by molar-refractivity contribution is -0.267. The third-order valence-electron chi connectivity index (χ3n) is 5.44. The Bertz CT molecular complexity index is 1490. The number of hydrogen-bond donors (Lipinski definition) is 1. The molecular weight excluding hydrogens is 501 g/mol. The zero-order valence-corrected chi connectivity index (χ0v) is 18.1. The number of aromatic nitrogens is 3. The summed E-state index contributed by atoms with van der Waals surface area (Å²) in [6.07, 6.45) is -2.70. The van der Waals surface area contributed by atoms with Crippen molar-refractivity contribution in [2.75, 3.05) is 18.0 Å². The van der Waals surface area contributed by atoms with E-state index in [1.165, 1.54) is 12.3 Å². The summed E-state index contributed by atoms with van der Waals surface area (Å²) in [5.41, 5.74) is -6.28. The number of anilines is 1. The van der Waals surface area contributed by atoms with Gasteiger partial charge in [-0.25, -0.2) is 18.1 Å². The number of nitriles is 1. The molecule has 1 aliphatic heterocycles. The third kappa shape index (κ3) is 4.04. The van der Waals surface area contributed by atoms with Crippen LogP contribution in [0.1, 0.15) is 0 Å². The Morgan fingerprint density at radius 2 is 1.83 bits per heavy atom. The van der Waals surface area contributed by atoms with E-state index in [1.54, 1.807) is 6.07 Å². The zero-order chi connectivity index (χ0) is 25.7. The molecule has 0 atom stereocenters. The molecule has 0 radical (unpaired) electrons. The summed E-state index contributed by atoms with van der Waals surface area (Å²) in [6, 6.07) is 5.22. The molecule has 1 fully saturated rings. The van der Waals surface area contributed by atoms with Crippen LogP contribution in [0.25, 0.3) is 16.8 Å². The van der Waals surface area contributed by atoms with Crippen LogP contribution in [-0.2, 0) is 6.54 Å². The monoisotopic (exact) mass is 513 g/mol. The first-order chi connectivity index (χ1) is 16.4. The molecule has 0 saturated carbocycles. The molecule has 3 heterocycles. The maximum absolute atomic E-state index is 14.1. The van der Waals surface area contributed by atoms with Gasteiger partial charge in [0.25, 0.3) is 5.56 Å². The van der Waals surface area contributed by atoms with Crippen molar-refractivity contribution in [2.45, 2.75) is 18.3 Å². The summed E-state index contributed by atoms with van der Waals surface area (Å²) in [4.78, 5) is 31.5. The first kappa shape index (κ1) is 24.4. The standard InChI is InChI=1S/C21H13ClF5N5O3/c22-12-6-13(8-29-7-12)32-18(33)16(11-1-2-14(23)15(24)5-11)17(31(4-3-28)19(32)34)30-9-20(35,10-30)21(25,26)27/h1-2,5-8,35H,4,9-10H2. The average molecular weight is 514 g/mol. The summed E-state index contributed by atoms with van der Waals surface area (Å²) in [6.45, 7) is -2.86. The lowest BCUT2D eigenvalue weighted by Crippen LogP contribution is -2.70. The van der Waals surface area contributed by atoms with E-state index in [0.717, 1.165) is 17.2 Å². The number of benzene rings is 1. The predicted octanol–water partition coefficient (Wildman–Crippen LogP) is 2.63. The van der Waals surface area contributed by atoms with Gasteiger partial charge in [0, 0.05) is 6.20 Å². The second-order valence-corrected chi connectivity index (χ2v) is 8.18. The first-order valence-corrected chi connectivity index (χ1v) is 10.1. The molecule has 3 aromatic rings. The summed E-state index contributed by atoms with van der Waals surface area (Å²) in [7, 11) is 0. The number of alkyl halides is 3. The second-order valence-electron chi connectivity index (χ2n) is 7.74. The van der Waals surface area contributed by atoms with Gasteiger partial charge >= 0.3 is 11.9 Å². The van der Waals surface area contributed by atoms with E-state index in [4.69, 9.17) is 11.6 Å². The Morgan fingerprint density at radius 1 is 1.14 bits per heavy atom. The molecule has 0 unspecified atom stereocenters. The van der Waals surface area contributed by atoms with Crippen molar-refractivity contribution in [3.8, 4) is 22.9 Å². The maximum Gasteiger partial charge on any atom is 0.420 e. The number of hydrogen-bond acceptors (Lipinski definition) is 6. The zero-order valence-electron chi connectivity index (χ0n) is 17.4. The molecule has 182 valence electrons. The van der Waals surface area contributed by atoms with E-state index in [9.17, 15) is 41.9 Å². The van der Waals surface area contributed by atoms with Crippen LogP contribution in [0.3, 0.4) is 0 Å². The molecular formula is C21H13ClF5N5O3. The molecule has 8 nitrogen and oxygen atoms in total. The van der Waals surface area contributed by atoms with Gasteiger partial charge in [-0.15, -0.1) is 0 Å². The van der Waals surface area contributed by atoms with Crippen molar-refractivity contribution in [1.82, 2.24) is 14.1 Å². The average Bonchev–Trinajstić information content (AvgIpc) is 2.75. The quantitative estimate of drug-likeness (QED) is 0.538. The topological polar surface area (TPSA) is 104 Å². The number of nitrogens with zero attached hydrogens (tertiary/aromatic N) is 5. The van der Waals surface area contributed by atoms with Crippen LogP contribution >= 0.6 is 11.6 Å². The lowest BCUT2D eigenvalue weighted by atomic mass is 9.92. The predicted molar refractivity (Wildman–Crippen MR) is 113 cm³/mol. The Hall–Kier alpha value is -3.76. The van der Waals surface area contributed by atoms with Gasteiger partial charge < -0.3 is 10.0 Å². The van der Waals surface area contributed by atoms with Crippen LogP contribution in [-0.4, -0.2) is 44.1 Å². The first-order valence-electron chi connectivity index (χ1n) is 9.75. The van der Waals surface area contributed by atoms with Crippen molar-refractivity contribution in [3.63, 3.8) is 0 Å². The molecule has 1 aliphatic rings. The minimum absolute atomic E-state index is 0.0390. The fraction of sp³-hybridized carbons (Fsp3) is 0.238. The normalized spacial score (nSPS) is 15.0. The van der Waals surface area contributed by atoms with Gasteiger partial charge in [0.1, 0.15) is 12.4 Å². The molecule has 14 heteroatoms. The van der Waals surface area contributed by atoms with Gasteiger partial charge in [0.05, 0.1) is 41.6 Å². The largest absolute Gasteiger partial charge is 0.420 e. The van der Waals surface area contributed by atoms with Crippen molar-refractivity contribution in [2.24, 2.45) is 0 Å². The van der Waals surface area contributed by atoms with E-state index in [0.29, 0.717) is 21.3 Å². The van der Waals surface area contributed by atoms with Crippen LogP contribution in [0.5, 0.6) is 0 Å². The number of β-amino-alcohol motifs (C(OH)–C–C–N with tert-alkyl or cyclic N) is 1. The maximum atomic E-state index is 14.1. The highest BCUT2D eigenvalue weighted by molar-refractivity contribution is 6.30. The molecule has 2 aromatic heterocycles. The van der Waals surface area contributed by atoms with Gasteiger partial charge in [-0.1, -0.05) is 17.7 Å². The number of aliphatic hydroxyl groups is 1. The minimum atomic E-state index is -5.02. The van der Waals surface area contributed by atoms with Gasteiger partial charge in [-0.3, -0.25) is 14.3 Å². The van der Waals surface area contributed by atoms with Crippen LogP contribution < -0.4 is 16.1 Å². The van der Waals surface area contributed by atoms with E-state index < -0.39 is 65.7 Å². The van der Waals surface area contributed by atoms with Crippen LogP contribution in [0.15, 0.2) is 46.2 Å². The SMILES string of the molecule is N#CCn1c(N2CC(O)(C(F)(F)F)C2)c(-c2ccc(F)c(F)c2)c(=O)n(-c2cncc(Cl)c2)c1=O. The summed E-state index contributed by atoms with van der Waals surface area (Å²) in [5, 5.41) is 19.2. The highest BCUT2D eigenvalue weighted by atomic mass is 35.5. The molecule has 1 saturated heterocycles. The molecule has 0 spiro atoms. The second kappa shape index (κ2) is 8.47. The summed E-state index contributed by atoms with van der Waals surface area (Å²) < 4.78 is 68.7. The van der Waals surface area contributed by atoms with Gasteiger partial charge in [0.2, 0.25) is 0 Å². The smallest absolute Gasteiger partial charge is 0.378 e. The Morgan fingerprint density at radius 3 is 2.40 bits per heavy atom. The molecule has 4 rings (SSSR count). The van der Waals surface area contributed by atoms with E-state index >= 15 is 0 Å². The summed E-state index contributed by atoms with van der Waals surface area (Å²) >= 11 is 5.91. The van der Waals surface area contributed by atoms with Gasteiger partial charge in [-0.2, -0.15) is 18.4 Å². The molecule has 1 N–H and O–H groups in total. The molecule has 1 aromatic carbocycles. The molecule has 0 bridgehead atoms. The fourth-order valence-electron chi connectivity index (χ4n) is 3.75. The number of pyridine rings is 1. The van der Waals surface area contributed by atoms with Crippen molar-refractivity contribution in [1.29, 1.82) is 5.26 Å². The fourth-order valence-corrected chi connectivity index (χ4v) is 3.92. The molecule has 0 aliphatic carbocycles. The molecule has 35 heavy (non-hydrogen) atoms. The van der Waals surface area contributed by atoms with Gasteiger partial charge in [0.15, 0.2) is 17.2 Å². The van der Waals surface area contributed by atoms with Gasteiger partial charge in [-0.05, 0) is 23.8 Å². The van der Waals surface area contributed by atoms with Crippen molar-refractivity contribution < 1.29 is 27.1 Å². The third-order valence-corrected chi connectivity index (χ3v) is 5.64. The molecule has 0 amide bonds. The Labute approximate surface area is 197 Å². The van der Waals surface area contributed by atoms with Crippen molar-refractivity contribution in [3.05, 3.63) is 74.2 Å². The minimum Gasteiger partial charge on any atom is -0.378 e. The van der Waals surface area contributed by atoms with Crippen LogP contribution in [0, 0.1) is 23.0 Å². The van der Waals surface area contributed by atoms with E-state index in [-0.39, 0.29) is 16.3 Å². The van der Waals surface area contributed by atoms with Crippen LogP contribution in [0.4, 0.5) is 27.8 Å². The highest BCUT2D eigenvalue weighted by Crippen LogP contribution is 2.41. The highest BCUT2D eigenvalue weighted by Gasteiger charge is 2.61. The Kier molecular flexibility index (Phi) is 5.90. The van der Waals surface area contributed by atoms with Crippen LogP contribution in [0.2, 0.25) is 5.02 Å². The summed E-state index contributed by atoms with van der Waals surface area (Å²) in [5.74, 6) is -3.08. The lowest BCUT2D eigenvalue weighted by Gasteiger charge is -2.48. The number of rotatable bonds is 4.